The smallest absolute Gasteiger partial charge is 0.234 e. The van der Waals surface area contributed by atoms with Gasteiger partial charge in [0.05, 0.1) is 6.54 Å². The van der Waals surface area contributed by atoms with E-state index < -0.39 is 0 Å². The average Bonchev–Trinajstić information content (AvgIpc) is 2.62. The van der Waals surface area contributed by atoms with Crippen LogP contribution in [-0.4, -0.2) is 74.0 Å². The maximum Gasteiger partial charge on any atom is 0.234 e. The number of nitrogens with one attached hydrogen (secondary N) is 2. The minimum Gasteiger partial charge on any atom is -0.350 e. The van der Waals surface area contributed by atoms with Crippen molar-refractivity contribution in [1.82, 2.24) is 20.4 Å². The highest BCUT2D eigenvalue weighted by Gasteiger charge is 2.24. The van der Waals surface area contributed by atoms with Crippen LogP contribution in [0.4, 0.5) is 0 Å². The monoisotopic (exact) mass is 268 g/mol. The van der Waals surface area contributed by atoms with E-state index in [1.807, 2.05) is 0 Å². The van der Waals surface area contributed by atoms with Gasteiger partial charge in [0.25, 0.3) is 0 Å². The van der Waals surface area contributed by atoms with Crippen LogP contribution < -0.4 is 10.6 Å². The Bertz CT molecular complexity index is 327. The average molecular weight is 268 g/mol. The van der Waals surface area contributed by atoms with Gasteiger partial charge in [-0.3, -0.25) is 14.5 Å². The first-order valence-electron chi connectivity index (χ1n) is 7.11. The normalized spacial score (nSPS) is 26.1. The number of hydrogen-bond acceptors (Lipinski definition) is 4. The summed E-state index contributed by atoms with van der Waals surface area (Å²) in [5.74, 6) is 0.249. The molecule has 0 aromatic carbocycles. The quantitative estimate of drug-likeness (QED) is 0.690. The zero-order chi connectivity index (χ0) is 13.7. The van der Waals surface area contributed by atoms with Crippen LogP contribution in [0.25, 0.3) is 0 Å². The molecule has 1 unspecified atom stereocenters. The van der Waals surface area contributed by atoms with E-state index in [0.717, 1.165) is 39.0 Å². The van der Waals surface area contributed by atoms with E-state index in [4.69, 9.17) is 0 Å². The number of amides is 2. The van der Waals surface area contributed by atoms with E-state index in [-0.39, 0.29) is 17.9 Å². The van der Waals surface area contributed by atoms with Crippen molar-refractivity contribution < 1.29 is 9.59 Å². The Morgan fingerprint density at radius 2 is 2.26 bits per heavy atom. The fraction of sp³-hybridized carbons (Fsp3) is 0.846. The summed E-state index contributed by atoms with van der Waals surface area (Å²) in [5.41, 5.74) is 0. The highest BCUT2D eigenvalue weighted by molar-refractivity contribution is 5.80. The van der Waals surface area contributed by atoms with E-state index in [9.17, 15) is 9.59 Å². The summed E-state index contributed by atoms with van der Waals surface area (Å²) >= 11 is 0. The molecule has 0 spiro atoms. The van der Waals surface area contributed by atoms with Crippen LogP contribution in [-0.2, 0) is 9.59 Å². The molecule has 6 nitrogen and oxygen atoms in total. The number of rotatable bonds is 3. The van der Waals surface area contributed by atoms with E-state index in [2.05, 4.69) is 15.5 Å². The number of carbonyl (C=O) groups is 2. The van der Waals surface area contributed by atoms with E-state index in [1.54, 1.807) is 11.9 Å². The van der Waals surface area contributed by atoms with Crippen molar-refractivity contribution in [1.29, 1.82) is 0 Å². The Labute approximate surface area is 114 Å². The van der Waals surface area contributed by atoms with Crippen LogP contribution in [0, 0.1) is 0 Å². The third-order valence-corrected chi connectivity index (χ3v) is 3.79. The predicted octanol–water partition coefficient (Wildman–Crippen LogP) is -0.981. The summed E-state index contributed by atoms with van der Waals surface area (Å²) < 4.78 is 0. The molecular formula is C13H24N4O2. The first-order chi connectivity index (χ1) is 9.15. The van der Waals surface area contributed by atoms with Gasteiger partial charge in [0.15, 0.2) is 0 Å². The fourth-order valence-electron chi connectivity index (χ4n) is 2.67. The molecule has 0 aromatic heterocycles. The molecule has 2 rings (SSSR count). The fourth-order valence-corrected chi connectivity index (χ4v) is 2.67. The zero-order valence-corrected chi connectivity index (χ0v) is 11.7. The molecule has 2 amide bonds. The first kappa shape index (κ1) is 14.3. The van der Waals surface area contributed by atoms with Gasteiger partial charge in [0.2, 0.25) is 11.8 Å². The molecule has 1 atom stereocenters. The van der Waals surface area contributed by atoms with Crippen molar-refractivity contribution in [3.05, 3.63) is 0 Å². The summed E-state index contributed by atoms with van der Waals surface area (Å²) in [6.07, 6.45) is 2.39. The summed E-state index contributed by atoms with van der Waals surface area (Å²) in [5, 5.41) is 6.37. The lowest BCUT2D eigenvalue weighted by atomic mass is 10.1. The number of likely N-dealkylation sites (N-methyl/N-ethyl adjacent to an activating group) is 1. The topological polar surface area (TPSA) is 64.7 Å². The lowest BCUT2D eigenvalue weighted by molar-refractivity contribution is -0.134. The van der Waals surface area contributed by atoms with Crippen molar-refractivity contribution in [3.8, 4) is 0 Å². The van der Waals surface area contributed by atoms with E-state index >= 15 is 0 Å². The minimum atomic E-state index is 0.0784. The van der Waals surface area contributed by atoms with Gasteiger partial charge in [-0.2, -0.15) is 0 Å². The maximum atomic E-state index is 12.0. The molecule has 19 heavy (non-hydrogen) atoms. The van der Waals surface area contributed by atoms with Crippen LogP contribution >= 0.6 is 0 Å². The molecule has 2 saturated heterocycles. The lowest BCUT2D eigenvalue weighted by Gasteiger charge is -2.30. The summed E-state index contributed by atoms with van der Waals surface area (Å²) in [6.45, 7) is 4.99. The van der Waals surface area contributed by atoms with Crippen LogP contribution in [0.15, 0.2) is 0 Å². The number of likely N-dealkylation sites (tertiary alicyclic amines) is 1. The Balaban J connectivity index is 1.73. The van der Waals surface area contributed by atoms with Crippen molar-refractivity contribution >= 4 is 11.8 Å². The Morgan fingerprint density at radius 3 is 3.05 bits per heavy atom. The molecule has 108 valence electrons. The van der Waals surface area contributed by atoms with Crippen molar-refractivity contribution in [2.24, 2.45) is 0 Å². The number of piperidine rings is 1. The molecule has 0 aromatic rings. The largest absolute Gasteiger partial charge is 0.350 e. The van der Waals surface area contributed by atoms with Gasteiger partial charge in [0.1, 0.15) is 0 Å². The number of hydrogen-bond donors (Lipinski definition) is 2. The molecule has 2 heterocycles. The van der Waals surface area contributed by atoms with Crippen LogP contribution in [0.5, 0.6) is 0 Å². The standard InChI is InChI=1S/C13H24N4O2/c1-16-9-11(3-4-13(16)19)15-12(18)10-17-7-2-5-14-6-8-17/h11,14H,2-10H2,1H3,(H,15,18). The molecule has 6 heteroatoms. The highest BCUT2D eigenvalue weighted by atomic mass is 16.2. The Morgan fingerprint density at radius 1 is 1.42 bits per heavy atom. The molecule has 0 bridgehead atoms. The third-order valence-electron chi connectivity index (χ3n) is 3.79. The molecule has 2 aliphatic rings. The maximum absolute atomic E-state index is 12.0. The summed E-state index contributed by atoms with van der Waals surface area (Å²) in [6, 6.07) is 0.111. The molecule has 0 radical (unpaired) electrons. The first-order valence-corrected chi connectivity index (χ1v) is 7.11. The SMILES string of the molecule is CN1CC(NC(=O)CN2CCCNCC2)CCC1=O. The van der Waals surface area contributed by atoms with Gasteiger partial charge in [-0.25, -0.2) is 0 Å². The molecule has 2 aliphatic heterocycles. The zero-order valence-electron chi connectivity index (χ0n) is 11.7. The number of nitrogens with zero attached hydrogens (tertiary/aromatic N) is 2. The van der Waals surface area contributed by atoms with Crippen molar-refractivity contribution in [2.75, 3.05) is 46.3 Å². The third kappa shape index (κ3) is 4.47. The minimum absolute atomic E-state index is 0.0784. The molecular weight excluding hydrogens is 244 g/mol. The van der Waals surface area contributed by atoms with Crippen LogP contribution in [0.1, 0.15) is 19.3 Å². The Hall–Kier alpha value is -1.14. The van der Waals surface area contributed by atoms with Gasteiger partial charge in [-0.1, -0.05) is 0 Å². The predicted molar refractivity (Wildman–Crippen MR) is 72.7 cm³/mol. The second-order valence-corrected chi connectivity index (χ2v) is 5.46. The highest BCUT2D eigenvalue weighted by Crippen LogP contribution is 2.09. The van der Waals surface area contributed by atoms with Crippen LogP contribution in [0.3, 0.4) is 0 Å². The molecule has 2 N–H and O–H groups in total. The molecule has 0 aliphatic carbocycles. The summed E-state index contributed by atoms with van der Waals surface area (Å²) in [7, 11) is 1.79. The van der Waals surface area contributed by atoms with Gasteiger partial charge >= 0.3 is 0 Å². The van der Waals surface area contributed by atoms with Gasteiger partial charge in [0, 0.05) is 39.1 Å². The lowest BCUT2D eigenvalue weighted by Crippen LogP contribution is -2.50. The second-order valence-electron chi connectivity index (χ2n) is 5.46. The van der Waals surface area contributed by atoms with E-state index in [1.165, 1.54) is 0 Å². The summed E-state index contributed by atoms with van der Waals surface area (Å²) in [4.78, 5) is 27.3. The molecule has 0 saturated carbocycles. The van der Waals surface area contributed by atoms with Crippen LogP contribution in [0.2, 0.25) is 0 Å². The second kappa shape index (κ2) is 6.86. The van der Waals surface area contributed by atoms with Crippen molar-refractivity contribution in [3.63, 3.8) is 0 Å². The van der Waals surface area contributed by atoms with E-state index in [0.29, 0.717) is 19.5 Å². The van der Waals surface area contributed by atoms with Gasteiger partial charge in [-0.15, -0.1) is 0 Å². The van der Waals surface area contributed by atoms with Crippen molar-refractivity contribution in [2.45, 2.75) is 25.3 Å². The number of carbonyl (C=O) groups excluding carboxylic acids is 2. The molecule has 2 fully saturated rings. The van der Waals surface area contributed by atoms with Gasteiger partial charge in [-0.05, 0) is 25.9 Å². The van der Waals surface area contributed by atoms with Gasteiger partial charge < -0.3 is 15.5 Å². The Kier molecular flexibility index (Phi) is 5.15.